The molecule has 0 radical (unpaired) electrons. The number of benzene rings is 1. The Morgan fingerprint density at radius 3 is 3.00 bits per heavy atom. The van der Waals surface area contributed by atoms with Crippen molar-refractivity contribution in [1.82, 2.24) is 20.2 Å². The number of rotatable bonds is 4. The monoisotopic (exact) mass is 395 g/mol. The topological polar surface area (TPSA) is 87.5 Å². The average molecular weight is 395 g/mol. The molecule has 4 aromatic rings. The second-order valence-corrected chi connectivity index (χ2v) is 7.55. The largest absolute Gasteiger partial charge is 0.484 e. The molecule has 0 spiro atoms. The van der Waals surface area contributed by atoms with Gasteiger partial charge in [-0.25, -0.2) is 0 Å². The molecule has 0 saturated heterocycles. The number of hydrogen-bond donors (Lipinski definition) is 1. The van der Waals surface area contributed by atoms with Crippen molar-refractivity contribution in [2.24, 2.45) is 0 Å². The van der Waals surface area contributed by atoms with Crippen molar-refractivity contribution in [3.8, 4) is 23.1 Å². The summed E-state index contributed by atoms with van der Waals surface area (Å²) in [4.78, 5) is 8.92. The normalized spacial score (nSPS) is 15.5. The summed E-state index contributed by atoms with van der Waals surface area (Å²) in [6.45, 7) is 2.09. The van der Waals surface area contributed by atoms with Gasteiger partial charge in [-0.05, 0) is 67.6 Å². The van der Waals surface area contributed by atoms with Crippen molar-refractivity contribution in [3.63, 3.8) is 0 Å². The molecule has 0 fully saturated rings. The minimum absolute atomic E-state index is 0.109. The second-order valence-electron chi connectivity index (χ2n) is 7.55. The summed E-state index contributed by atoms with van der Waals surface area (Å²) < 4.78 is 6.37. The van der Waals surface area contributed by atoms with Crippen LogP contribution in [0.25, 0.3) is 22.2 Å². The fourth-order valence-electron chi connectivity index (χ4n) is 4.07. The van der Waals surface area contributed by atoms with Gasteiger partial charge in [-0.3, -0.25) is 15.1 Å². The third-order valence-electron chi connectivity index (χ3n) is 5.61. The Bertz CT molecular complexity index is 1270. The number of aromatic amines is 1. The third-order valence-corrected chi connectivity index (χ3v) is 5.61. The van der Waals surface area contributed by atoms with E-state index in [0.29, 0.717) is 5.56 Å². The maximum atomic E-state index is 9.14. The first-order valence-corrected chi connectivity index (χ1v) is 10.2. The molecule has 30 heavy (non-hydrogen) atoms. The number of aryl methyl sites for hydroxylation is 2. The van der Waals surface area contributed by atoms with Gasteiger partial charge < -0.3 is 4.74 Å². The Morgan fingerprint density at radius 1 is 1.20 bits per heavy atom. The summed E-state index contributed by atoms with van der Waals surface area (Å²) in [5.41, 5.74) is 6.59. The zero-order valence-corrected chi connectivity index (χ0v) is 16.7. The summed E-state index contributed by atoms with van der Waals surface area (Å²) in [6.07, 6.45) is 7.09. The zero-order valence-electron chi connectivity index (χ0n) is 16.7. The van der Waals surface area contributed by atoms with Crippen LogP contribution < -0.4 is 4.74 Å². The number of fused-ring (bicyclic) bond motifs is 2. The number of H-pyrrole nitrogens is 1. The average Bonchev–Trinajstić information content (AvgIpc) is 3.22. The number of nitriles is 1. The lowest BCUT2D eigenvalue weighted by Crippen LogP contribution is -2.17. The van der Waals surface area contributed by atoms with Gasteiger partial charge in [0.2, 0.25) is 0 Å². The van der Waals surface area contributed by atoms with Crippen LogP contribution in [-0.2, 0) is 12.8 Å². The van der Waals surface area contributed by atoms with E-state index in [9.17, 15) is 0 Å². The van der Waals surface area contributed by atoms with Gasteiger partial charge in [0, 0.05) is 29.0 Å². The molecule has 0 aliphatic heterocycles. The SMILES string of the molecule is CCc1cc(-c2n[nH]c3ccc(O[C@@H]4CCCc5cc(C#N)cnc54)cc23)ccn1. The highest BCUT2D eigenvalue weighted by molar-refractivity contribution is 5.93. The molecule has 3 aromatic heterocycles. The van der Waals surface area contributed by atoms with Gasteiger partial charge in [-0.1, -0.05) is 6.92 Å². The van der Waals surface area contributed by atoms with Crippen molar-refractivity contribution >= 4 is 10.9 Å². The fraction of sp³-hybridized carbons (Fsp3) is 0.250. The van der Waals surface area contributed by atoms with Gasteiger partial charge in [0.05, 0.1) is 16.8 Å². The van der Waals surface area contributed by atoms with E-state index in [4.69, 9.17) is 10.00 Å². The minimum atomic E-state index is -0.109. The van der Waals surface area contributed by atoms with E-state index in [0.717, 1.165) is 70.5 Å². The number of pyridine rings is 2. The summed E-state index contributed by atoms with van der Waals surface area (Å²) in [6, 6.07) is 14.2. The Hall–Kier alpha value is -3.72. The van der Waals surface area contributed by atoms with E-state index in [2.05, 4.69) is 39.2 Å². The summed E-state index contributed by atoms with van der Waals surface area (Å²) >= 11 is 0. The molecule has 0 amide bonds. The van der Waals surface area contributed by atoms with Gasteiger partial charge in [0.25, 0.3) is 0 Å². The standard InChI is InChI=1S/C24H21N5O/c1-2-18-11-17(8-9-26-18)23-20-12-19(6-7-21(20)28-29-23)30-22-5-3-4-16-10-15(13-25)14-27-24(16)22/h6-12,14,22H,2-5H2,1H3,(H,28,29)/t22-/m1/s1. The van der Waals surface area contributed by atoms with Crippen LogP contribution in [-0.4, -0.2) is 20.2 Å². The Balaban J connectivity index is 1.49. The molecule has 1 N–H and O–H groups in total. The van der Waals surface area contributed by atoms with E-state index in [1.54, 1.807) is 6.20 Å². The highest BCUT2D eigenvalue weighted by Gasteiger charge is 2.24. The predicted molar refractivity (Wildman–Crippen MR) is 114 cm³/mol. The molecule has 0 saturated carbocycles. The molecule has 1 aromatic carbocycles. The van der Waals surface area contributed by atoms with Gasteiger partial charge in [-0.15, -0.1) is 0 Å². The molecule has 0 unspecified atom stereocenters. The van der Waals surface area contributed by atoms with Gasteiger partial charge in [0.1, 0.15) is 23.6 Å². The molecule has 1 aliphatic rings. The molecule has 1 atom stereocenters. The van der Waals surface area contributed by atoms with Crippen LogP contribution in [0, 0.1) is 11.3 Å². The molecule has 3 heterocycles. The van der Waals surface area contributed by atoms with Gasteiger partial charge in [-0.2, -0.15) is 10.4 Å². The Labute approximate surface area is 174 Å². The maximum absolute atomic E-state index is 9.14. The molecule has 6 heteroatoms. The van der Waals surface area contributed by atoms with Crippen molar-refractivity contribution < 1.29 is 4.74 Å². The van der Waals surface area contributed by atoms with E-state index < -0.39 is 0 Å². The lowest BCUT2D eigenvalue weighted by atomic mass is 9.93. The smallest absolute Gasteiger partial charge is 0.141 e. The molecular weight excluding hydrogens is 374 g/mol. The maximum Gasteiger partial charge on any atom is 0.141 e. The van der Waals surface area contributed by atoms with Crippen molar-refractivity contribution in [2.45, 2.75) is 38.7 Å². The first-order chi connectivity index (χ1) is 14.7. The van der Waals surface area contributed by atoms with Crippen molar-refractivity contribution in [1.29, 1.82) is 5.26 Å². The number of aromatic nitrogens is 4. The van der Waals surface area contributed by atoms with E-state index in [-0.39, 0.29) is 6.10 Å². The van der Waals surface area contributed by atoms with Gasteiger partial charge >= 0.3 is 0 Å². The van der Waals surface area contributed by atoms with E-state index in [1.807, 2.05) is 36.5 Å². The summed E-state index contributed by atoms with van der Waals surface area (Å²) in [5.74, 6) is 0.791. The van der Waals surface area contributed by atoms with Crippen LogP contribution in [0.3, 0.4) is 0 Å². The third kappa shape index (κ3) is 3.29. The van der Waals surface area contributed by atoms with Crippen LogP contribution >= 0.6 is 0 Å². The van der Waals surface area contributed by atoms with Crippen LogP contribution in [0.2, 0.25) is 0 Å². The van der Waals surface area contributed by atoms with Crippen molar-refractivity contribution in [2.75, 3.05) is 0 Å². The first-order valence-electron chi connectivity index (χ1n) is 10.2. The van der Waals surface area contributed by atoms with E-state index >= 15 is 0 Å². The first kappa shape index (κ1) is 18.3. The molecule has 5 rings (SSSR count). The molecule has 0 bridgehead atoms. The van der Waals surface area contributed by atoms with Crippen LogP contribution in [0.1, 0.15) is 48.4 Å². The van der Waals surface area contributed by atoms with Crippen molar-refractivity contribution in [3.05, 3.63) is 71.3 Å². The number of ether oxygens (including phenoxy) is 1. The summed E-state index contributed by atoms with van der Waals surface area (Å²) in [5, 5.41) is 17.8. The molecule has 1 aliphatic carbocycles. The zero-order chi connectivity index (χ0) is 20.5. The molecular formula is C24H21N5O. The molecule has 6 nitrogen and oxygen atoms in total. The van der Waals surface area contributed by atoms with E-state index in [1.165, 1.54) is 0 Å². The highest BCUT2D eigenvalue weighted by atomic mass is 16.5. The highest BCUT2D eigenvalue weighted by Crippen LogP contribution is 2.35. The quantitative estimate of drug-likeness (QED) is 0.530. The predicted octanol–water partition coefficient (Wildman–Crippen LogP) is 4.91. The summed E-state index contributed by atoms with van der Waals surface area (Å²) in [7, 11) is 0. The Morgan fingerprint density at radius 2 is 2.13 bits per heavy atom. The van der Waals surface area contributed by atoms with Crippen LogP contribution in [0.5, 0.6) is 5.75 Å². The fourth-order valence-corrected chi connectivity index (χ4v) is 4.07. The Kier molecular flexibility index (Phi) is 4.64. The van der Waals surface area contributed by atoms with Crippen LogP contribution in [0.15, 0.2) is 48.8 Å². The molecule has 148 valence electrons. The van der Waals surface area contributed by atoms with Gasteiger partial charge in [0.15, 0.2) is 0 Å². The lowest BCUT2D eigenvalue weighted by Gasteiger charge is -2.25. The number of hydrogen-bond acceptors (Lipinski definition) is 5. The van der Waals surface area contributed by atoms with Crippen LogP contribution in [0.4, 0.5) is 0 Å². The second kappa shape index (κ2) is 7.60. The lowest BCUT2D eigenvalue weighted by molar-refractivity contribution is 0.178. The minimum Gasteiger partial charge on any atom is -0.484 e. The number of nitrogens with zero attached hydrogens (tertiary/aromatic N) is 4. The number of nitrogens with one attached hydrogen (secondary N) is 1.